The normalized spacial score (nSPS) is 11.3. The Balaban J connectivity index is 1.75. The molecule has 2 aromatic heterocycles. The lowest BCUT2D eigenvalue weighted by molar-refractivity contribution is 0.199. The van der Waals surface area contributed by atoms with Crippen molar-refractivity contribution in [2.45, 2.75) is 6.54 Å². The second-order valence-corrected chi connectivity index (χ2v) is 6.61. The molecule has 1 N–H and O–H groups in total. The predicted octanol–water partition coefficient (Wildman–Crippen LogP) is 3.29. The lowest BCUT2D eigenvalue weighted by Crippen LogP contribution is -2.18. The number of fused-ring (bicyclic) bond motifs is 1. The van der Waals surface area contributed by atoms with Gasteiger partial charge < -0.3 is 10.1 Å². The first kappa shape index (κ1) is 14.5. The average molecular weight is 323 g/mol. The summed E-state index contributed by atoms with van der Waals surface area (Å²) in [6.45, 7) is 2.14. The molecule has 1 aromatic carbocycles. The summed E-state index contributed by atoms with van der Waals surface area (Å²) >= 11 is 3.09. The van der Waals surface area contributed by atoms with E-state index < -0.39 is 0 Å². The van der Waals surface area contributed by atoms with Crippen LogP contribution in [0.15, 0.2) is 24.3 Å². The highest BCUT2D eigenvalue weighted by atomic mass is 32.1. The Morgan fingerprint density at radius 2 is 2.14 bits per heavy atom. The molecule has 110 valence electrons. The summed E-state index contributed by atoms with van der Waals surface area (Å²) in [5.74, 6) is -0.212. The van der Waals surface area contributed by atoms with E-state index in [0.717, 1.165) is 31.5 Å². The maximum Gasteiger partial charge on any atom is 0.157 e. The molecule has 0 saturated heterocycles. The summed E-state index contributed by atoms with van der Waals surface area (Å²) in [5.41, 5.74) is 0. The van der Waals surface area contributed by atoms with Crippen molar-refractivity contribution < 1.29 is 9.13 Å². The van der Waals surface area contributed by atoms with Crippen molar-refractivity contribution in [2.75, 3.05) is 20.3 Å². The third-order valence-corrected chi connectivity index (χ3v) is 5.11. The van der Waals surface area contributed by atoms with Crippen LogP contribution in [0.4, 0.5) is 4.39 Å². The molecule has 0 aliphatic heterocycles. The topological polar surface area (TPSA) is 47.0 Å². The zero-order valence-electron chi connectivity index (χ0n) is 11.4. The van der Waals surface area contributed by atoms with Crippen LogP contribution in [0.3, 0.4) is 0 Å². The molecule has 0 atom stereocenters. The van der Waals surface area contributed by atoms with Crippen LogP contribution < -0.4 is 5.32 Å². The molecular formula is C14H14FN3OS2. The molecule has 0 aliphatic carbocycles. The van der Waals surface area contributed by atoms with E-state index in [1.54, 1.807) is 30.6 Å². The molecule has 7 heteroatoms. The Morgan fingerprint density at radius 1 is 1.24 bits per heavy atom. The SMILES string of the molecule is COCCNCc1nnc(-c2cc3ccc(F)cc3s2)s1. The number of nitrogens with zero attached hydrogens (tertiary/aromatic N) is 2. The molecule has 0 bridgehead atoms. The van der Waals surface area contributed by atoms with Crippen LogP contribution in [0.2, 0.25) is 0 Å². The van der Waals surface area contributed by atoms with Crippen LogP contribution >= 0.6 is 22.7 Å². The third-order valence-electron chi connectivity index (χ3n) is 2.92. The number of hydrogen-bond donors (Lipinski definition) is 1. The summed E-state index contributed by atoms with van der Waals surface area (Å²) in [6.07, 6.45) is 0. The number of ether oxygens (including phenoxy) is 1. The highest BCUT2D eigenvalue weighted by Crippen LogP contribution is 2.35. The van der Waals surface area contributed by atoms with Gasteiger partial charge in [0.1, 0.15) is 10.8 Å². The van der Waals surface area contributed by atoms with E-state index in [-0.39, 0.29) is 5.82 Å². The average Bonchev–Trinajstić information content (AvgIpc) is 3.09. The molecule has 3 aromatic rings. The number of rotatable bonds is 6. The number of aromatic nitrogens is 2. The molecule has 0 spiro atoms. The van der Waals surface area contributed by atoms with Crippen LogP contribution in [-0.4, -0.2) is 30.5 Å². The molecule has 0 unspecified atom stereocenters. The number of methoxy groups -OCH3 is 1. The van der Waals surface area contributed by atoms with E-state index in [9.17, 15) is 4.39 Å². The van der Waals surface area contributed by atoms with Gasteiger partial charge in [0.05, 0.1) is 11.5 Å². The highest BCUT2D eigenvalue weighted by Gasteiger charge is 2.10. The van der Waals surface area contributed by atoms with Gasteiger partial charge in [-0.1, -0.05) is 17.4 Å². The lowest BCUT2D eigenvalue weighted by atomic mass is 10.2. The fourth-order valence-electron chi connectivity index (χ4n) is 1.90. The first-order valence-electron chi connectivity index (χ1n) is 6.48. The van der Waals surface area contributed by atoms with E-state index in [2.05, 4.69) is 15.5 Å². The minimum absolute atomic E-state index is 0.212. The smallest absolute Gasteiger partial charge is 0.157 e. The summed E-state index contributed by atoms with van der Waals surface area (Å²) < 4.78 is 19.1. The fraction of sp³-hybridized carbons (Fsp3) is 0.286. The summed E-state index contributed by atoms with van der Waals surface area (Å²) in [4.78, 5) is 1.02. The zero-order chi connectivity index (χ0) is 14.7. The molecule has 2 heterocycles. The van der Waals surface area contributed by atoms with E-state index in [4.69, 9.17) is 4.74 Å². The van der Waals surface area contributed by atoms with Crippen molar-refractivity contribution in [1.29, 1.82) is 0 Å². The Labute approximate surface area is 129 Å². The number of nitrogens with one attached hydrogen (secondary N) is 1. The van der Waals surface area contributed by atoms with Crippen LogP contribution in [0, 0.1) is 5.82 Å². The molecule has 0 amide bonds. The van der Waals surface area contributed by atoms with Crippen molar-refractivity contribution in [1.82, 2.24) is 15.5 Å². The maximum absolute atomic E-state index is 13.2. The maximum atomic E-state index is 13.2. The van der Waals surface area contributed by atoms with Gasteiger partial charge in [-0.05, 0) is 23.6 Å². The molecule has 0 radical (unpaired) electrons. The molecular weight excluding hydrogens is 309 g/mol. The van der Waals surface area contributed by atoms with E-state index >= 15 is 0 Å². The van der Waals surface area contributed by atoms with Crippen LogP contribution in [0.5, 0.6) is 0 Å². The number of thiophene rings is 1. The second-order valence-electron chi connectivity index (χ2n) is 4.46. The van der Waals surface area contributed by atoms with Gasteiger partial charge in [0.15, 0.2) is 5.01 Å². The Morgan fingerprint density at radius 3 is 3.00 bits per heavy atom. The van der Waals surface area contributed by atoms with Crippen molar-refractivity contribution >= 4 is 32.8 Å². The largest absolute Gasteiger partial charge is 0.383 e. The number of halogens is 1. The molecule has 21 heavy (non-hydrogen) atoms. The minimum atomic E-state index is -0.212. The van der Waals surface area contributed by atoms with Gasteiger partial charge in [-0.2, -0.15) is 0 Å². The first-order chi connectivity index (χ1) is 10.3. The lowest BCUT2D eigenvalue weighted by Gasteiger charge is -1.99. The van der Waals surface area contributed by atoms with Gasteiger partial charge in [0.2, 0.25) is 0 Å². The Hall–Kier alpha value is -1.41. The quantitative estimate of drug-likeness (QED) is 0.707. The van der Waals surface area contributed by atoms with Crippen LogP contribution in [-0.2, 0) is 11.3 Å². The predicted molar refractivity (Wildman–Crippen MR) is 84.3 cm³/mol. The van der Waals surface area contributed by atoms with Crippen molar-refractivity contribution in [3.05, 3.63) is 35.1 Å². The van der Waals surface area contributed by atoms with Crippen LogP contribution in [0.1, 0.15) is 5.01 Å². The van der Waals surface area contributed by atoms with Crippen molar-refractivity contribution in [3.63, 3.8) is 0 Å². The van der Waals surface area contributed by atoms with Gasteiger partial charge in [0.25, 0.3) is 0 Å². The van der Waals surface area contributed by atoms with Crippen LogP contribution in [0.25, 0.3) is 20.0 Å². The summed E-state index contributed by atoms with van der Waals surface area (Å²) in [6, 6.07) is 6.85. The third kappa shape index (κ3) is 3.44. The first-order valence-corrected chi connectivity index (χ1v) is 8.11. The standard InChI is InChI=1S/C14H14FN3OS2/c1-19-5-4-16-8-13-17-18-14(21-13)12-6-9-2-3-10(15)7-11(9)20-12/h2-3,6-7,16H,4-5,8H2,1H3. The highest BCUT2D eigenvalue weighted by molar-refractivity contribution is 7.25. The second kappa shape index (κ2) is 6.57. The van der Waals surface area contributed by atoms with E-state index in [1.165, 1.54) is 17.4 Å². The van der Waals surface area contributed by atoms with Crippen molar-refractivity contribution in [2.24, 2.45) is 0 Å². The summed E-state index contributed by atoms with van der Waals surface area (Å²) in [7, 11) is 1.68. The number of benzene rings is 1. The monoisotopic (exact) mass is 323 g/mol. The van der Waals surface area contributed by atoms with Crippen molar-refractivity contribution in [3.8, 4) is 9.88 Å². The number of hydrogen-bond acceptors (Lipinski definition) is 6. The Bertz CT molecular complexity index is 741. The molecule has 0 saturated carbocycles. The summed E-state index contributed by atoms with van der Waals surface area (Å²) in [5, 5.41) is 14.5. The molecule has 4 nitrogen and oxygen atoms in total. The van der Waals surface area contributed by atoms with E-state index in [0.29, 0.717) is 13.2 Å². The minimum Gasteiger partial charge on any atom is -0.383 e. The van der Waals surface area contributed by atoms with Gasteiger partial charge in [0, 0.05) is 24.9 Å². The molecule has 3 rings (SSSR count). The molecule has 0 aliphatic rings. The van der Waals surface area contributed by atoms with E-state index in [1.807, 2.05) is 6.07 Å². The van der Waals surface area contributed by atoms with Gasteiger partial charge in [-0.3, -0.25) is 0 Å². The van der Waals surface area contributed by atoms with Gasteiger partial charge in [-0.15, -0.1) is 21.5 Å². The zero-order valence-corrected chi connectivity index (χ0v) is 13.1. The van der Waals surface area contributed by atoms with Gasteiger partial charge in [-0.25, -0.2) is 4.39 Å². The fourth-order valence-corrected chi connectivity index (χ4v) is 3.84. The van der Waals surface area contributed by atoms with Gasteiger partial charge >= 0.3 is 0 Å². The molecule has 0 fully saturated rings. The Kier molecular flexibility index (Phi) is 4.54.